The first kappa shape index (κ1) is 8.56. The predicted molar refractivity (Wildman–Crippen MR) is 47.3 cm³/mol. The van der Waals surface area contributed by atoms with Gasteiger partial charge in [-0.25, -0.2) is 0 Å². The van der Waals surface area contributed by atoms with Gasteiger partial charge in [0.2, 0.25) is 5.88 Å². The molecular weight excluding hydrogens is 168 g/mol. The lowest BCUT2D eigenvalue weighted by atomic mass is 10.4. The summed E-state index contributed by atoms with van der Waals surface area (Å²) < 4.78 is 7.14. The second kappa shape index (κ2) is 3.38. The van der Waals surface area contributed by atoms with Crippen LogP contribution in [0.25, 0.3) is 0 Å². The van der Waals surface area contributed by atoms with Gasteiger partial charge in [-0.15, -0.1) is 5.10 Å². The lowest BCUT2D eigenvalue weighted by molar-refractivity contribution is 0.253. The van der Waals surface area contributed by atoms with Crippen LogP contribution in [-0.2, 0) is 13.7 Å². The summed E-state index contributed by atoms with van der Waals surface area (Å²) in [6, 6.07) is 0. The van der Waals surface area contributed by atoms with E-state index in [1.165, 1.54) is 12.8 Å². The van der Waals surface area contributed by atoms with Gasteiger partial charge in [-0.1, -0.05) is 0 Å². The molecule has 0 spiro atoms. The van der Waals surface area contributed by atoms with E-state index in [4.69, 9.17) is 9.84 Å². The van der Waals surface area contributed by atoms with E-state index in [0.29, 0.717) is 11.8 Å². The van der Waals surface area contributed by atoms with Gasteiger partial charge in [0.1, 0.15) is 0 Å². The Morgan fingerprint density at radius 3 is 3.08 bits per heavy atom. The highest BCUT2D eigenvalue weighted by Crippen LogP contribution is 2.29. The third-order valence-electron chi connectivity index (χ3n) is 2.19. The highest BCUT2D eigenvalue weighted by Gasteiger charge is 2.22. The summed E-state index contributed by atoms with van der Waals surface area (Å²) in [5.41, 5.74) is 0.767. The van der Waals surface area contributed by atoms with Crippen molar-refractivity contribution in [2.24, 2.45) is 13.0 Å². The van der Waals surface area contributed by atoms with Crippen LogP contribution in [0.3, 0.4) is 0 Å². The van der Waals surface area contributed by atoms with Crippen molar-refractivity contribution < 1.29 is 9.84 Å². The fraction of sp³-hybridized carbons (Fsp3) is 0.667. The molecular formula is C9H14N2O2. The maximum atomic E-state index is 8.98. The van der Waals surface area contributed by atoms with Crippen molar-refractivity contribution in [1.29, 1.82) is 0 Å². The Kier molecular flexibility index (Phi) is 2.22. The second-order valence-corrected chi connectivity index (χ2v) is 3.55. The lowest BCUT2D eigenvalue weighted by Gasteiger charge is -2.01. The first-order chi connectivity index (χ1) is 6.29. The van der Waals surface area contributed by atoms with Crippen LogP contribution >= 0.6 is 0 Å². The van der Waals surface area contributed by atoms with Gasteiger partial charge < -0.3 is 9.84 Å². The maximum Gasteiger partial charge on any atom is 0.238 e. The molecule has 1 aromatic rings. The van der Waals surface area contributed by atoms with Crippen molar-refractivity contribution in [3.05, 3.63) is 11.8 Å². The summed E-state index contributed by atoms with van der Waals surface area (Å²) in [5, 5.41) is 13.1. The molecule has 1 N–H and O–H groups in total. The van der Waals surface area contributed by atoms with Gasteiger partial charge in [-0.3, -0.25) is 4.68 Å². The van der Waals surface area contributed by atoms with Gasteiger partial charge in [-0.05, 0) is 18.8 Å². The lowest BCUT2D eigenvalue weighted by Crippen LogP contribution is -2.01. The quantitative estimate of drug-likeness (QED) is 0.745. The van der Waals surface area contributed by atoms with E-state index in [0.717, 1.165) is 12.2 Å². The molecule has 1 aliphatic carbocycles. The van der Waals surface area contributed by atoms with Gasteiger partial charge in [0.05, 0.1) is 18.8 Å². The van der Waals surface area contributed by atoms with E-state index in [9.17, 15) is 0 Å². The molecule has 0 unspecified atom stereocenters. The summed E-state index contributed by atoms with van der Waals surface area (Å²) in [6.07, 6.45) is 4.31. The molecule has 0 amide bonds. The highest BCUT2D eigenvalue weighted by molar-refractivity contribution is 5.22. The van der Waals surface area contributed by atoms with E-state index in [1.54, 1.807) is 10.9 Å². The summed E-state index contributed by atoms with van der Waals surface area (Å²) in [7, 11) is 1.82. The van der Waals surface area contributed by atoms with E-state index in [1.807, 2.05) is 7.05 Å². The molecule has 1 aliphatic rings. The number of aromatic nitrogens is 2. The Morgan fingerprint density at radius 2 is 2.46 bits per heavy atom. The van der Waals surface area contributed by atoms with Crippen molar-refractivity contribution in [2.75, 3.05) is 6.61 Å². The Labute approximate surface area is 77.1 Å². The maximum absolute atomic E-state index is 8.98. The molecule has 0 saturated heterocycles. The topological polar surface area (TPSA) is 47.3 Å². The Hall–Kier alpha value is -1.03. The third-order valence-corrected chi connectivity index (χ3v) is 2.19. The monoisotopic (exact) mass is 182 g/mol. The second-order valence-electron chi connectivity index (χ2n) is 3.55. The van der Waals surface area contributed by atoms with Gasteiger partial charge in [-0.2, -0.15) is 0 Å². The number of ether oxygens (including phenoxy) is 1. The molecule has 2 rings (SSSR count). The normalized spacial score (nSPS) is 16.2. The van der Waals surface area contributed by atoms with Crippen LogP contribution in [0.2, 0.25) is 0 Å². The molecule has 4 heteroatoms. The SMILES string of the molecule is Cn1cc(CO)c(OCC2CC2)n1. The molecule has 1 saturated carbocycles. The zero-order valence-corrected chi connectivity index (χ0v) is 7.73. The molecule has 0 bridgehead atoms. The minimum absolute atomic E-state index is 0.00611. The van der Waals surface area contributed by atoms with E-state index < -0.39 is 0 Å². The zero-order chi connectivity index (χ0) is 9.26. The molecule has 72 valence electrons. The molecule has 0 aromatic carbocycles. The zero-order valence-electron chi connectivity index (χ0n) is 7.73. The minimum Gasteiger partial charge on any atom is -0.476 e. The smallest absolute Gasteiger partial charge is 0.238 e. The van der Waals surface area contributed by atoms with Gasteiger partial charge >= 0.3 is 0 Å². The summed E-state index contributed by atoms with van der Waals surface area (Å²) >= 11 is 0. The standard InChI is InChI=1S/C9H14N2O2/c1-11-4-8(5-12)9(10-11)13-6-7-2-3-7/h4,7,12H,2-3,5-6H2,1H3. The highest BCUT2D eigenvalue weighted by atomic mass is 16.5. The fourth-order valence-electron chi connectivity index (χ4n) is 1.23. The fourth-order valence-corrected chi connectivity index (χ4v) is 1.23. The van der Waals surface area contributed by atoms with Crippen molar-refractivity contribution >= 4 is 0 Å². The first-order valence-corrected chi connectivity index (χ1v) is 4.56. The van der Waals surface area contributed by atoms with Crippen LogP contribution in [0.15, 0.2) is 6.20 Å². The van der Waals surface area contributed by atoms with Gasteiger partial charge in [0.15, 0.2) is 0 Å². The van der Waals surface area contributed by atoms with Crippen LogP contribution in [0.5, 0.6) is 5.88 Å². The van der Waals surface area contributed by atoms with Crippen molar-refractivity contribution in [3.63, 3.8) is 0 Å². The van der Waals surface area contributed by atoms with Crippen molar-refractivity contribution in [2.45, 2.75) is 19.4 Å². The largest absolute Gasteiger partial charge is 0.476 e. The van der Waals surface area contributed by atoms with Crippen molar-refractivity contribution in [1.82, 2.24) is 9.78 Å². The van der Waals surface area contributed by atoms with E-state index in [-0.39, 0.29) is 6.61 Å². The Balaban J connectivity index is 1.99. The first-order valence-electron chi connectivity index (χ1n) is 4.56. The molecule has 1 aromatic heterocycles. The molecule has 13 heavy (non-hydrogen) atoms. The number of aryl methyl sites for hydroxylation is 1. The van der Waals surface area contributed by atoms with Crippen LogP contribution in [0.1, 0.15) is 18.4 Å². The number of nitrogens with zero attached hydrogens (tertiary/aromatic N) is 2. The summed E-state index contributed by atoms with van der Waals surface area (Å²) in [5.74, 6) is 1.30. The van der Waals surface area contributed by atoms with Crippen LogP contribution < -0.4 is 4.74 Å². The summed E-state index contributed by atoms with van der Waals surface area (Å²) in [6.45, 7) is 0.734. The number of hydrogen-bond acceptors (Lipinski definition) is 3. The number of aliphatic hydroxyl groups excluding tert-OH is 1. The minimum atomic E-state index is -0.00611. The molecule has 1 heterocycles. The average Bonchev–Trinajstić information content (AvgIpc) is 2.87. The average molecular weight is 182 g/mol. The van der Waals surface area contributed by atoms with Crippen LogP contribution in [0, 0.1) is 5.92 Å². The predicted octanol–water partition coefficient (Wildman–Crippen LogP) is 0.701. The van der Waals surface area contributed by atoms with Crippen LogP contribution in [-0.4, -0.2) is 21.5 Å². The van der Waals surface area contributed by atoms with Gasteiger partial charge in [0.25, 0.3) is 0 Å². The third kappa shape index (κ3) is 2.01. The van der Waals surface area contributed by atoms with Crippen molar-refractivity contribution in [3.8, 4) is 5.88 Å². The van der Waals surface area contributed by atoms with Crippen LogP contribution in [0.4, 0.5) is 0 Å². The molecule has 0 radical (unpaired) electrons. The molecule has 4 nitrogen and oxygen atoms in total. The van der Waals surface area contributed by atoms with E-state index >= 15 is 0 Å². The Bertz CT molecular complexity index is 292. The number of aliphatic hydroxyl groups is 1. The molecule has 0 aliphatic heterocycles. The summed E-state index contributed by atoms with van der Waals surface area (Å²) in [4.78, 5) is 0. The number of rotatable bonds is 4. The molecule has 1 fully saturated rings. The number of hydrogen-bond donors (Lipinski definition) is 1. The molecule has 0 atom stereocenters. The van der Waals surface area contributed by atoms with E-state index in [2.05, 4.69) is 5.10 Å². The van der Waals surface area contributed by atoms with Gasteiger partial charge in [0, 0.05) is 13.2 Å². The Morgan fingerprint density at radius 1 is 1.69 bits per heavy atom.